The first kappa shape index (κ1) is 12.9. The topological polar surface area (TPSA) is 55.5 Å². The third kappa shape index (κ3) is 2.50. The Labute approximate surface area is 98.4 Å². The molecule has 0 unspecified atom stereocenters. The van der Waals surface area contributed by atoms with Crippen molar-refractivity contribution in [2.45, 2.75) is 38.9 Å². The molecular weight excluding hydrogens is 218 g/mol. The summed E-state index contributed by atoms with van der Waals surface area (Å²) in [6.07, 6.45) is 0. The number of para-hydroxylation sites is 1. The Hall–Kier alpha value is -1.16. The molecule has 0 aliphatic rings. The molecule has 0 saturated carbocycles. The van der Waals surface area contributed by atoms with E-state index >= 15 is 0 Å². The van der Waals surface area contributed by atoms with Crippen LogP contribution in [0.3, 0.4) is 0 Å². The third-order valence-electron chi connectivity index (χ3n) is 3.21. The van der Waals surface area contributed by atoms with Crippen LogP contribution in [0.4, 0.5) is 5.69 Å². The standard InChI is InChI=1S/C12H21NO2Si/c1-12(2,3)16(4,5)15-10-8-6-7-9(14)11(10)13/h6-8,14H,13H2,1-5H3. The van der Waals surface area contributed by atoms with E-state index in [2.05, 4.69) is 33.9 Å². The number of nitrogens with two attached hydrogens (primary N) is 1. The Morgan fingerprint density at radius 3 is 2.31 bits per heavy atom. The van der Waals surface area contributed by atoms with Gasteiger partial charge >= 0.3 is 0 Å². The van der Waals surface area contributed by atoms with Crippen LogP contribution >= 0.6 is 0 Å². The largest absolute Gasteiger partial charge is 0.542 e. The van der Waals surface area contributed by atoms with Crippen molar-refractivity contribution in [3.63, 3.8) is 0 Å². The molecular formula is C12H21NO2Si. The number of nitrogen functional groups attached to an aromatic ring is 1. The molecule has 0 saturated heterocycles. The van der Waals surface area contributed by atoms with Crippen molar-refractivity contribution in [2.24, 2.45) is 0 Å². The zero-order chi connectivity index (χ0) is 12.6. The Balaban J connectivity index is 3.02. The average molecular weight is 239 g/mol. The first-order chi connectivity index (χ1) is 7.15. The van der Waals surface area contributed by atoms with Crippen LogP contribution < -0.4 is 10.2 Å². The first-order valence-corrected chi connectivity index (χ1v) is 8.32. The van der Waals surface area contributed by atoms with Gasteiger partial charge in [0, 0.05) is 0 Å². The second-order valence-corrected chi connectivity index (χ2v) is 10.3. The molecule has 0 bridgehead atoms. The molecule has 1 aromatic rings. The molecule has 0 radical (unpaired) electrons. The molecule has 1 rings (SSSR count). The van der Waals surface area contributed by atoms with Gasteiger partial charge in [0.05, 0.1) is 0 Å². The van der Waals surface area contributed by atoms with Crippen LogP contribution in [0, 0.1) is 0 Å². The summed E-state index contributed by atoms with van der Waals surface area (Å²) in [6.45, 7) is 10.8. The summed E-state index contributed by atoms with van der Waals surface area (Å²) in [4.78, 5) is 0. The number of phenolic OH excluding ortho intramolecular Hbond substituents is 1. The highest BCUT2D eigenvalue weighted by Crippen LogP contribution is 2.40. The van der Waals surface area contributed by atoms with E-state index in [0.717, 1.165) is 0 Å². The number of hydrogen-bond acceptors (Lipinski definition) is 3. The van der Waals surface area contributed by atoms with E-state index in [1.54, 1.807) is 18.2 Å². The van der Waals surface area contributed by atoms with E-state index in [0.29, 0.717) is 11.4 Å². The molecule has 0 spiro atoms. The van der Waals surface area contributed by atoms with Crippen molar-refractivity contribution in [3.05, 3.63) is 18.2 Å². The minimum absolute atomic E-state index is 0.0798. The zero-order valence-corrected chi connectivity index (χ0v) is 11.7. The number of benzene rings is 1. The number of phenols is 1. The maximum absolute atomic E-state index is 9.51. The average Bonchev–Trinajstić information content (AvgIpc) is 2.11. The van der Waals surface area contributed by atoms with Gasteiger partial charge in [-0.15, -0.1) is 0 Å². The Morgan fingerprint density at radius 2 is 1.81 bits per heavy atom. The normalized spacial score (nSPS) is 12.6. The van der Waals surface area contributed by atoms with Crippen LogP contribution in [0.25, 0.3) is 0 Å². The van der Waals surface area contributed by atoms with Gasteiger partial charge in [-0.25, -0.2) is 0 Å². The molecule has 0 aromatic heterocycles. The molecule has 1 aromatic carbocycles. The van der Waals surface area contributed by atoms with Gasteiger partial charge in [-0.2, -0.15) is 0 Å². The summed E-state index contributed by atoms with van der Waals surface area (Å²) in [7, 11) is -1.89. The second kappa shape index (κ2) is 4.01. The Kier molecular flexibility index (Phi) is 3.24. The lowest BCUT2D eigenvalue weighted by atomic mass is 10.2. The van der Waals surface area contributed by atoms with Crippen molar-refractivity contribution in [1.29, 1.82) is 0 Å². The highest BCUT2D eigenvalue weighted by atomic mass is 28.4. The lowest BCUT2D eigenvalue weighted by molar-refractivity contribution is 0.465. The molecule has 0 aliphatic heterocycles. The van der Waals surface area contributed by atoms with Crippen molar-refractivity contribution in [1.82, 2.24) is 0 Å². The fourth-order valence-electron chi connectivity index (χ4n) is 1.05. The first-order valence-electron chi connectivity index (χ1n) is 5.41. The van der Waals surface area contributed by atoms with Crippen molar-refractivity contribution in [3.8, 4) is 11.5 Å². The number of hydrogen-bond donors (Lipinski definition) is 2. The summed E-state index contributed by atoms with van der Waals surface area (Å²) >= 11 is 0. The second-order valence-electron chi connectivity index (χ2n) is 5.55. The highest BCUT2D eigenvalue weighted by Gasteiger charge is 2.39. The minimum Gasteiger partial charge on any atom is -0.542 e. The molecule has 90 valence electrons. The Morgan fingerprint density at radius 1 is 1.25 bits per heavy atom. The van der Waals surface area contributed by atoms with E-state index in [1.165, 1.54) is 0 Å². The molecule has 0 fully saturated rings. The van der Waals surface area contributed by atoms with E-state index in [1.807, 2.05) is 0 Å². The maximum Gasteiger partial charge on any atom is 0.250 e. The van der Waals surface area contributed by atoms with Crippen molar-refractivity contribution < 1.29 is 9.53 Å². The van der Waals surface area contributed by atoms with E-state index in [9.17, 15) is 5.11 Å². The van der Waals surface area contributed by atoms with Gasteiger partial charge in [0.15, 0.2) is 0 Å². The minimum atomic E-state index is -1.89. The van der Waals surface area contributed by atoms with Gasteiger partial charge < -0.3 is 15.3 Å². The molecule has 0 aliphatic carbocycles. The van der Waals surface area contributed by atoms with Crippen LogP contribution in [0.1, 0.15) is 20.8 Å². The van der Waals surface area contributed by atoms with E-state index in [-0.39, 0.29) is 10.8 Å². The van der Waals surface area contributed by atoms with Gasteiger partial charge in [-0.1, -0.05) is 26.8 Å². The quantitative estimate of drug-likeness (QED) is 0.473. The maximum atomic E-state index is 9.51. The lowest BCUT2D eigenvalue weighted by Crippen LogP contribution is -2.44. The zero-order valence-electron chi connectivity index (χ0n) is 10.7. The molecule has 0 amide bonds. The van der Waals surface area contributed by atoms with E-state index in [4.69, 9.17) is 10.2 Å². The van der Waals surface area contributed by atoms with Gasteiger partial charge in [0.2, 0.25) is 0 Å². The fourth-order valence-corrected chi connectivity index (χ4v) is 2.08. The highest BCUT2D eigenvalue weighted by molar-refractivity contribution is 6.74. The van der Waals surface area contributed by atoms with Gasteiger partial charge in [0.25, 0.3) is 8.32 Å². The number of aromatic hydroxyl groups is 1. The number of anilines is 1. The summed E-state index contributed by atoms with van der Waals surface area (Å²) in [5, 5.41) is 9.63. The van der Waals surface area contributed by atoms with Crippen LogP contribution in [0.5, 0.6) is 11.5 Å². The molecule has 3 nitrogen and oxygen atoms in total. The predicted octanol–water partition coefficient (Wildman–Crippen LogP) is 3.36. The summed E-state index contributed by atoms with van der Waals surface area (Å²) in [5.41, 5.74) is 6.11. The SMILES string of the molecule is CC(C)(C)[Si](C)(C)Oc1cccc(O)c1N. The van der Waals surface area contributed by atoms with Gasteiger partial charge in [-0.3, -0.25) is 0 Å². The third-order valence-corrected chi connectivity index (χ3v) is 7.56. The Bertz CT molecular complexity index is 383. The molecule has 16 heavy (non-hydrogen) atoms. The van der Waals surface area contributed by atoms with Crippen LogP contribution in [-0.2, 0) is 0 Å². The smallest absolute Gasteiger partial charge is 0.250 e. The van der Waals surface area contributed by atoms with Gasteiger partial charge in [-0.05, 0) is 30.3 Å². The van der Waals surface area contributed by atoms with Crippen LogP contribution in [-0.4, -0.2) is 13.4 Å². The monoisotopic (exact) mass is 239 g/mol. The predicted molar refractivity (Wildman–Crippen MR) is 70.3 cm³/mol. The van der Waals surface area contributed by atoms with Crippen molar-refractivity contribution >= 4 is 14.0 Å². The van der Waals surface area contributed by atoms with Crippen LogP contribution in [0.15, 0.2) is 18.2 Å². The van der Waals surface area contributed by atoms with E-state index < -0.39 is 8.32 Å². The molecule has 0 heterocycles. The summed E-state index contributed by atoms with van der Waals surface area (Å²) in [5.74, 6) is 0.669. The van der Waals surface area contributed by atoms with Gasteiger partial charge in [0.1, 0.15) is 17.2 Å². The van der Waals surface area contributed by atoms with Crippen LogP contribution in [0.2, 0.25) is 18.1 Å². The fraction of sp³-hybridized carbons (Fsp3) is 0.500. The summed E-state index contributed by atoms with van der Waals surface area (Å²) in [6, 6.07) is 5.11. The molecule has 0 atom stereocenters. The lowest BCUT2D eigenvalue weighted by Gasteiger charge is -2.36. The number of rotatable bonds is 2. The molecule has 3 N–H and O–H groups in total. The summed E-state index contributed by atoms with van der Waals surface area (Å²) < 4.78 is 6.03. The molecule has 4 heteroatoms. The van der Waals surface area contributed by atoms with Crippen molar-refractivity contribution in [2.75, 3.05) is 5.73 Å².